The average molecular weight is 182 g/mol. The van der Waals surface area contributed by atoms with Crippen molar-refractivity contribution in [1.29, 1.82) is 0 Å². The van der Waals surface area contributed by atoms with E-state index in [1.165, 1.54) is 0 Å². The second kappa shape index (κ2) is 7.63. The van der Waals surface area contributed by atoms with E-state index in [2.05, 4.69) is 18.2 Å². The van der Waals surface area contributed by atoms with Crippen molar-refractivity contribution in [2.75, 3.05) is 26.2 Å². The third-order valence-electron chi connectivity index (χ3n) is 1.73. The maximum Gasteiger partial charge on any atom is 0.236 e. The van der Waals surface area contributed by atoms with Crippen molar-refractivity contribution in [3.8, 4) is 12.3 Å². The molecular weight excluding hydrogens is 164 g/mol. The zero-order valence-corrected chi connectivity index (χ0v) is 8.47. The first-order valence-corrected chi connectivity index (χ1v) is 4.68. The lowest BCUT2D eigenvalue weighted by Gasteiger charge is -2.19. The van der Waals surface area contributed by atoms with Crippen LogP contribution in [0.5, 0.6) is 0 Å². The summed E-state index contributed by atoms with van der Waals surface area (Å²) in [5.74, 6) is 2.55. The Morgan fingerprint density at radius 1 is 1.54 bits per heavy atom. The van der Waals surface area contributed by atoms with E-state index >= 15 is 0 Å². The molecule has 0 aliphatic rings. The van der Waals surface area contributed by atoms with Crippen LogP contribution >= 0.6 is 0 Å². The Morgan fingerprint density at radius 3 is 2.69 bits per heavy atom. The number of hydrogen-bond acceptors (Lipinski definition) is 2. The van der Waals surface area contributed by atoms with Gasteiger partial charge in [0.1, 0.15) is 0 Å². The van der Waals surface area contributed by atoms with Crippen LogP contribution in [0, 0.1) is 12.3 Å². The second-order valence-electron chi connectivity index (χ2n) is 2.78. The summed E-state index contributed by atoms with van der Waals surface area (Å²) in [5.41, 5.74) is 0. The molecule has 3 heteroatoms. The number of carbonyl (C=O) groups is 1. The fourth-order valence-corrected chi connectivity index (χ4v) is 1.08. The Hall–Kier alpha value is -1.01. The van der Waals surface area contributed by atoms with Gasteiger partial charge in [-0.2, -0.15) is 0 Å². The minimum atomic E-state index is 0.125. The minimum Gasteiger partial charge on any atom is -0.342 e. The molecule has 0 aromatic carbocycles. The number of carbonyl (C=O) groups excluding carboxylic acids is 1. The summed E-state index contributed by atoms with van der Waals surface area (Å²) < 4.78 is 0. The van der Waals surface area contributed by atoms with Gasteiger partial charge in [-0.05, 0) is 13.3 Å². The van der Waals surface area contributed by atoms with E-state index in [1.54, 1.807) is 0 Å². The number of amides is 1. The average Bonchev–Trinajstić information content (AvgIpc) is 2.14. The summed E-state index contributed by atoms with van der Waals surface area (Å²) in [5, 5.41) is 2.88. The van der Waals surface area contributed by atoms with E-state index in [0.29, 0.717) is 13.1 Å². The lowest BCUT2D eigenvalue weighted by atomic mass is 10.4. The van der Waals surface area contributed by atoms with Crippen LogP contribution in [-0.4, -0.2) is 37.0 Å². The molecule has 0 aliphatic heterocycles. The molecule has 3 nitrogen and oxygen atoms in total. The Morgan fingerprint density at radius 2 is 2.23 bits per heavy atom. The van der Waals surface area contributed by atoms with Crippen molar-refractivity contribution in [1.82, 2.24) is 10.2 Å². The van der Waals surface area contributed by atoms with Gasteiger partial charge in [0.2, 0.25) is 5.91 Å². The standard InChI is InChI=1S/C10H18N2O/c1-4-7-11-9-10(13)12(6-3)8-5-2/h1,11H,5-9H2,2-3H3. The van der Waals surface area contributed by atoms with Gasteiger partial charge in [-0.15, -0.1) is 6.42 Å². The van der Waals surface area contributed by atoms with E-state index in [1.807, 2.05) is 11.8 Å². The molecular formula is C10H18N2O. The highest BCUT2D eigenvalue weighted by Crippen LogP contribution is 1.90. The molecule has 0 saturated carbocycles. The number of hydrogen-bond donors (Lipinski definition) is 1. The molecule has 0 spiro atoms. The zero-order valence-electron chi connectivity index (χ0n) is 8.47. The normalized spacial score (nSPS) is 9.31. The lowest BCUT2D eigenvalue weighted by Crippen LogP contribution is -2.38. The SMILES string of the molecule is C#CCNCC(=O)N(CC)CCC. The van der Waals surface area contributed by atoms with Gasteiger partial charge in [-0.25, -0.2) is 0 Å². The fraction of sp³-hybridized carbons (Fsp3) is 0.700. The highest BCUT2D eigenvalue weighted by molar-refractivity contribution is 5.78. The lowest BCUT2D eigenvalue weighted by molar-refractivity contribution is -0.130. The van der Waals surface area contributed by atoms with E-state index in [4.69, 9.17) is 6.42 Å². The Balaban J connectivity index is 3.72. The van der Waals surface area contributed by atoms with Crippen molar-refractivity contribution in [3.63, 3.8) is 0 Å². The van der Waals surface area contributed by atoms with Gasteiger partial charge in [-0.1, -0.05) is 12.8 Å². The van der Waals surface area contributed by atoms with Crippen molar-refractivity contribution in [2.45, 2.75) is 20.3 Å². The van der Waals surface area contributed by atoms with Crippen molar-refractivity contribution in [2.24, 2.45) is 0 Å². The highest BCUT2D eigenvalue weighted by atomic mass is 16.2. The second-order valence-corrected chi connectivity index (χ2v) is 2.78. The quantitative estimate of drug-likeness (QED) is 0.478. The maximum absolute atomic E-state index is 11.4. The minimum absolute atomic E-state index is 0.125. The molecule has 13 heavy (non-hydrogen) atoms. The third kappa shape index (κ3) is 5.26. The molecule has 74 valence electrons. The van der Waals surface area contributed by atoms with Gasteiger partial charge in [0.25, 0.3) is 0 Å². The fourth-order valence-electron chi connectivity index (χ4n) is 1.08. The van der Waals surface area contributed by atoms with Crippen LogP contribution in [0.2, 0.25) is 0 Å². The first-order valence-electron chi connectivity index (χ1n) is 4.68. The van der Waals surface area contributed by atoms with E-state index < -0.39 is 0 Å². The van der Waals surface area contributed by atoms with Gasteiger partial charge in [-0.3, -0.25) is 10.1 Å². The van der Waals surface area contributed by atoms with Crippen LogP contribution in [0.3, 0.4) is 0 Å². The summed E-state index contributed by atoms with van der Waals surface area (Å²) >= 11 is 0. The monoisotopic (exact) mass is 182 g/mol. The van der Waals surface area contributed by atoms with Gasteiger partial charge in [0, 0.05) is 13.1 Å². The maximum atomic E-state index is 11.4. The van der Waals surface area contributed by atoms with Crippen molar-refractivity contribution >= 4 is 5.91 Å². The van der Waals surface area contributed by atoms with Crippen molar-refractivity contribution < 1.29 is 4.79 Å². The van der Waals surface area contributed by atoms with E-state index in [9.17, 15) is 4.79 Å². The molecule has 1 amide bonds. The molecule has 0 aromatic rings. The number of terminal acetylenes is 1. The number of nitrogens with zero attached hydrogens (tertiary/aromatic N) is 1. The molecule has 0 bridgehead atoms. The topological polar surface area (TPSA) is 32.3 Å². The molecule has 0 saturated heterocycles. The first kappa shape index (κ1) is 12.0. The number of nitrogens with one attached hydrogen (secondary N) is 1. The molecule has 0 aromatic heterocycles. The summed E-state index contributed by atoms with van der Waals surface area (Å²) in [6.45, 7) is 6.44. The predicted molar refractivity (Wildman–Crippen MR) is 54.2 cm³/mol. The highest BCUT2D eigenvalue weighted by Gasteiger charge is 2.08. The zero-order chi connectivity index (χ0) is 10.1. The summed E-state index contributed by atoms with van der Waals surface area (Å²) in [6, 6.07) is 0. The third-order valence-corrected chi connectivity index (χ3v) is 1.73. The van der Waals surface area contributed by atoms with Crippen LogP contribution in [0.1, 0.15) is 20.3 Å². The predicted octanol–water partition coefficient (Wildman–Crippen LogP) is 0.468. The van der Waals surface area contributed by atoms with Crippen LogP contribution in [0.15, 0.2) is 0 Å². The van der Waals surface area contributed by atoms with Crippen molar-refractivity contribution in [3.05, 3.63) is 0 Å². The Labute approximate surface area is 80.5 Å². The largest absolute Gasteiger partial charge is 0.342 e. The molecule has 0 fully saturated rings. The number of rotatable bonds is 6. The van der Waals surface area contributed by atoms with Gasteiger partial charge < -0.3 is 4.90 Å². The Kier molecular flexibility index (Phi) is 7.04. The Bertz CT molecular complexity index is 184. The molecule has 0 aliphatic carbocycles. The molecule has 0 atom stereocenters. The van der Waals surface area contributed by atoms with Crippen LogP contribution < -0.4 is 5.32 Å². The van der Waals surface area contributed by atoms with Crippen LogP contribution in [0.25, 0.3) is 0 Å². The van der Waals surface area contributed by atoms with Gasteiger partial charge in [0.05, 0.1) is 13.1 Å². The summed E-state index contributed by atoms with van der Waals surface area (Å²) in [6.07, 6.45) is 6.04. The molecule has 0 heterocycles. The molecule has 0 unspecified atom stereocenters. The smallest absolute Gasteiger partial charge is 0.236 e. The van der Waals surface area contributed by atoms with Gasteiger partial charge in [0.15, 0.2) is 0 Å². The first-order chi connectivity index (χ1) is 6.26. The van der Waals surface area contributed by atoms with E-state index in [-0.39, 0.29) is 5.91 Å². The van der Waals surface area contributed by atoms with Gasteiger partial charge >= 0.3 is 0 Å². The summed E-state index contributed by atoms with van der Waals surface area (Å²) in [4.78, 5) is 13.3. The van der Waals surface area contributed by atoms with Crippen LogP contribution in [-0.2, 0) is 4.79 Å². The molecule has 1 N–H and O–H groups in total. The summed E-state index contributed by atoms with van der Waals surface area (Å²) in [7, 11) is 0. The van der Waals surface area contributed by atoms with Crippen LogP contribution in [0.4, 0.5) is 0 Å². The molecule has 0 radical (unpaired) electrons. The molecule has 0 rings (SSSR count). The van der Waals surface area contributed by atoms with E-state index in [0.717, 1.165) is 19.5 Å². The number of likely N-dealkylation sites (N-methyl/N-ethyl adjacent to an activating group) is 1.